The Hall–Kier alpha value is -1.26. The molecule has 1 fully saturated rings. The van der Waals surface area contributed by atoms with Crippen LogP contribution in [-0.4, -0.2) is 24.8 Å². The third-order valence-corrected chi connectivity index (χ3v) is 2.80. The maximum Gasteiger partial charge on any atom is 0.251 e. The first-order chi connectivity index (χ1) is 8.06. The molecule has 92 valence electrons. The molecule has 0 aromatic heterocycles. The molecule has 0 aliphatic carbocycles. The van der Waals surface area contributed by atoms with Crippen LogP contribution in [0.3, 0.4) is 0 Å². The fourth-order valence-electron chi connectivity index (χ4n) is 1.64. The summed E-state index contributed by atoms with van der Waals surface area (Å²) in [5.41, 5.74) is 0.954. The molecule has 5 heteroatoms. The average molecular weight is 256 g/mol. The van der Waals surface area contributed by atoms with E-state index < -0.39 is 6.10 Å². The average Bonchev–Trinajstić information content (AvgIpc) is 2.57. The highest BCUT2D eigenvalue weighted by Gasteiger charge is 2.29. The van der Waals surface area contributed by atoms with E-state index in [-0.39, 0.29) is 12.1 Å². The topological polar surface area (TPSA) is 47.6 Å². The van der Waals surface area contributed by atoms with Crippen LogP contribution in [0.4, 0.5) is 0 Å². The number of carbonyl (C=O) groups is 1. The lowest BCUT2D eigenvalue weighted by atomic mass is 10.2. The number of rotatable bonds is 3. The molecule has 17 heavy (non-hydrogen) atoms. The van der Waals surface area contributed by atoms with Crippen molar-refractivity contribution in [3.8, 4) is 5.75 Å². The number of ether oxygens (including phenoxy) is 2. The number of nitrogens with one attached hydrogen (secondary N) is 1. The number of benzene rings is 1. The van der Waals surface area contributed by atoms with Crippen molar-refractivity contribution in [2.24, 2.45) is 0 Å². The molecule has 1 aromatic carbocycles. The molecule has 2 atom stereocenters. The van der Waals surface area contributed by atoms with Crippen LogP contribution in [0, 0.1) is 6.92 Å². The highest BCUT2D eigenvalue weighted by Crippen LogP contribution is 2.22. The lowest BCUT2D eigenvalue weighted by Gasteiger charge is -2.13. The molecule has 1 aliphatic heterocycles. The minimum atomic E-state index is -0.407. The van der Waals surface area contributed by atoms with Crippen molar-refractivity contribution < 1.29 is 14.3 Å². The van der Waals surface area contributed by atoms with E-state index in [0.29, 0.717) is 11.6 Å². The van der Waals surface area contributed by atoms with Crippen molar-refractivity contribution in [1.82, 2.24) is 5.32 Å². The SMILES string of the molecule is Cc1cc(Cl)ccc1OCC1NC(=O)C(C)O1. The second-order valence-electron chi connectivity index (χ2n) is 4.00. The fourth-order valence-corrected chi connectivity index (χ4v) is 1.87. The summed E-state index contributed by atoms with van der Waals surface area (Å²) < 4.78 is 10.9. The molecule has 0 saturated carbocycles. The second-order valence-corrected chi connectivity index (χ2v) is 4.43. The van der Waals surface area contributed by atoms with Crippen LogP contribution >= 0.6 is 11.6 Å². The first kappa shape index (κ1) is 12.2. The predicted octanol–water partition coefficient (Wildman–Crippen LogP) is 1.89. The Morgan fingerprint density at radius 2 is 2.29 bits per heavy atom. The monoisotopic (exact) mass is 255 g/mol. The zero-order valence-corrected chi connectivity index (χ0v) is 10.5. The van der Waals surface area contributed by atoms with Gasteiger partial charge in [0.1, 0.15) is 18.5 Å². The maximum absolute atomic E-state index is 11.2. The van der Waals surface area contributed by atoms with E-state index in [1.165, 1.54) is 0 Å². The molecule has 0 radical (unpaired) electrons. The molecule has 0 spiro atoms. The van der Waals surface area contributed by atoms with Crippen molar-refractivity contribution in [2.45, 2.75) is 26.2 Å². The Balaban J connectivity index is 1.92. The quantitative estimate of drug-likeness (QED) is 0.897. The van der Waals surface area contributed by atoms with Crippen LogP contribution in [0.25, 0.3) is 0 Å². The summed E-state index contributed by atoms with van der Waals surface area (Å²) in [5, 5.41) is 3.37. The molecule has 2 rings (SSSR count). The lowest BCUT2D eigenvalue weighted by Crippen LogP contribution is -2.32. The van der Waals surface area contributed by atoms with E-state index in [2.05, 4.69) is 5.32 Å². The molecule has 0 bridgehead atoms. The Morgan fingerprint density at radius 1 is 1.53 bits per heavy atom. The number of carbonyl (C=O) groups excluding carboxylic acids is 1. The van der Waals surface area contributed by atoms with Gasteiger partial charge in [0, 0.05) is 5.02 Å². The molecule has 1 amide bonds. The number of amides is 1. The number of aryl methyl sites for hydroxylation is 1. The summed E-state index contributed by atoms with van der Waals surface area (Å²) >= 11 is 5.85. The molecule has 2 unspecified atom stereocenters. The highest BCUT2D eigenvalue weighted by atomic mass is 35.5. The Morgan fingerprint density at radius 3 is 2.88 bits per heavy atom. The Kier molecular flexibility index (Phi) is 3.54. The van der Waals surface area contributed by atoms with Gasteiger partial charge in [0.2, 0.25) is 0 Å². The zero-order valence-electron chi connectivity index (χ0n) is 9.70. The minimum absolute atomic E-state index is 0.105. The predicted molar refractivity (Wildman–Crippen MR) is 64.2 cm³/mol. The van der Waals surface area contributed by atoms with E-state index in [4.69, 9.17) is 21.1 Å². The van der Waals surface area contributed by atoms with E-state index in [1.54, 1.807) is 19.1 Å². The van der Waals surface area contributed by atoms with Crippen LogP contribution in [-0.2, 0) is 9.53 Å². The van der Waals surface area contributed by atoms with Gasteiger partial charge in [0.25, 0.3) is 5.91 Å². The first-order valence-corrected chi connectivity index (χ1v) is 5.79. The third kappa shape index (κ3) is 2.90. The van der Waals surface area contributed by atoms with E-state index >= 15 is 0 Å². The number of halogens is 1. The van der Waals surface area contributed by atoms with Gasteiger partial charge in [-0.3, -0.25) is 4.79 Å². The highest BCUT2D eigenvalue weighted by molar-refractivity contribution is 6.30. The van der Waals surface area contributed by atoms with Gasteiger partial charge in [-0.1, -0.05) is 11.6 Å². The van der Waals surface area contributed by atoms with Crippen LogP contribution in [0.5, 0.6) is 5.75 Å². The standard InChI is InChI=1S/C12H14ClNO3/c1-7-5-9(13)3-4-10(7)16-6-11-14-12(15)8(2)17-11/h3-5,8,11H,6H2,1-2H3,(H,14,15). The molecule has 1 saturated heterocycles. The van der Waals surface area contributed by atoms with Crippen molar-refractivity contribution in [1.29, 1.82) is 0 Å². The van der Waals surface area contributed by atoms with Crippen LogP contribution in [0.15, 0.2) is 18.2 Å². The van der Waals surface area contributed by atoms with E-state index in [9.17, 15) is 4.79 Å². The van der Waals surface area contributed by atoms with Crippen molar-refractivity contribution in [2.75, 3.05) is 6.61 Å². The van der Waals surface area contributed by atoms with Gasteiger partial charge in [-0.25, -0.2) is 0 Å². The number of hydrogen-bond acceptors (Lipinski definition) is 3. The van der Waals surface area contributed by atoms with Crippen LogP contribution < -0.4 is 10.1 Å². The van der Waals surface area contributed by atoms with Crippen molar-refractivity contribution >= 4 is 17.5 Å². The minimum Gasteiger partial charge on any atom is -0.489 e. The summed E-state index contributed by atoms with van der Waals surface area (Å²) in [6.45, 7) is 3.92. The van der Waals surface area contributed by atoms with Crippen LogP contribution in [0.2, 0.25) is 5.02 Å². The smallest absolute Gasteiger partial charge is 0.251 e. The molecule has 1 N–H and O–H groups in total. The van der Waals surface area contributed by atoms with Gasteiger partial charge in [-0.05, 0) is 37.6 Å². The molecular weight excluding hydrogens is 242 g/mol. The summed E-state index contributed by atoms with van der Waals surface area (Å²) in [4.78, 5) is 11.2. The van der Waals surface area contributed by atoms with E-state index in [0.717, 1.165) is 11.3 Å². The molecule has 1 aliphatic rings. The van der Waals surface area contributed by atoms with Gasteiger partial charge >= 0.3 is 0 Å². The molecular formula is C12H14ClNO3. The molecule has 4 nitrogen and oxygen atoms in total. The van der Waals surface area contributed by atoms with E-state index in [1.807, 2.05) is 13.0 Å². The third-order valence-electron chi connectivity index (χ3n) is 2.57. The van der Waals surface area contributed by atoms with Gasteiger partial charge in [-0.2, -0.15) is 0 Å². The van der Waals surface area contributed by atoms with Crippen LogP contribution in [0.1, 0.15) is 12.5 Å². The first-order valence-electron chi connectivity index (χ1n) is 5.41. The largest absolute Gasteiger partial charge is 0.489 e. The maximum atomic E-state index is 11.2. The van der Waals surface area contributed by atoms with Crippen molar-refractivity contribution in [3.63, 3.8) is 0 Å². The molecule has 1 aromatic rings. The van der Waals surface area contributed by atoms with Crippen molar-refractivity contribution in [3.05, 3.63) is 28.8 Å². The lowest BCUT2D eigenvalue weighted by molar-refractivity contribution is -0.122. The van der Waals surface area contributed by atoms with Gasteiger partial charge in [-0.15, -0.1) is 0 Å². The summed E-state index contributed by atoms with van der Waals surface area (Å²) in [7, 11) is 0. The zero-order chi connectivity index (χ0) is 12.4. The Bertz CT molecular complexity index is 436. The fraction of sp³-hybridized carbons (Fsp3) is 0.417. The number of hydrogen-bond donors (Lipinski definition) is 1. The molecule has 1 heterocycles. The summed E-state index contributed by atoms with van der Waals surface area (Å²) in [6.07, 6.45) is -0.789. The second kappa shape index (κ2) is 4.94. The summed E-state index contributed by atoms with van der Waals surface area (Å²) in [5.74, 6) is 0.637. The Labute approximate surface area is 105 Å². The van der Waals surface area contributed by atoms with Gasteiger partial charge in [0.05, 0.1) is 0 Å². The summed E-state index contributed by atoms with van der Waals surface area (Å²) in [6, 6.07) is 5.39. The van der Waals surface area contributed by atoms with Gasteiger partial charge < -0.3 is 14.8 Å². The normalized spacial score (nSPS) is 23.6. The van der Waals surface area contributed by atoms with Gasteiger partial charge in [0.15, 0.2) is 6.23 Å².